The van der Waals surface area contributed by atoms with E-state index in [4.69, 9.17) is 14.2 Å². The van der Waals surface area contributed by atoms with Gasteiger partial charge in [0, 0.05) is 56.6 Å². The Morgan fingerprint density at radius 2 is 1.67 bits per heavy atom. The Hall–Kier alpha value is -5.15. The maximum absolute atomic E-state index is 13.7. The average Bonchev–Trinajstić information content (AvgIpc) is 3.61. The van der Waals surface area contributed by atoms with E-state index in [2.05, 4.69) is 15.6 Å². The third kappa shape index (κ3) is 9.35. The Labute approximate surface area is 295 Å². The molecular formula is C35H46N6O10. The minimum absolute atomic E-state index is 0.117. The molecule has 1 aromatic carbocycles. The number of aliphatic carboxylic acids is 1. The maximum atomic E-state index is 13.7. The van der Waals surface area contributed by atoms with Crippen LogP contribution in [-0.2, 0) is 23.9 Å². The lowest BCUT2D eigenvalue weighted by Crippen LogP contribution is -2.56. The zero-order valence-electron chi connectivity index (χ0n) is 29.1. The summed E-state index contributed by atoms with van der Waals surface area (Å²) in [4.78, 5) is 86.1. The lowest BCUT2D eigenvalue weighted by molar-refractivity contribution is -0.140. The van der Waals surface area contributed by atoms with Crippen LogP contribution in [0.25, 0.3) is 10.9 Å². The molecule has 0 spiro atoms. The van der Waals surface area contributed by atoms with E-state index in [-0.39, 0.29) is 74.9 Å². The van der Waals surface area contributed by atoms with Gasteiger partial charge in [0.15, 0.2) is 6.61 Å². The number of ether oxygens (including phenoxy) is 3. The monoisotopic (exact) mass is 710 g/mol. The fraction of sp³-hybridized carbons (Fsp3) is 0.571. The molecule has 2 atom stereocenters. The predicted octanol–water partition coefficient (Wildman–Crippen LogP) is 1.94. The number of piperazine rings is 1. The van der Waals surface area contributed by atoms with Gasteiger partial charge in [0.1, 0.15) is 29.3 Å². The summed E-state index contributed by atoms with van der Waals surface area (Å²) < 4.78 is 16.7. The van der Waals surface area contributed by atoms with Crippen LogP contribution in [-0.4, -0.2) is 131 Å². The summed E-state index contributed by atoms with van der Waals surface area (Å²) in [5, 5.41) is 15.5. The van der Waals surface area contributed by atoms with E-state index < -0.39 is 42.6 Å². The van der Waals surface area contributed by atoms with Crippen molar-refractivity contribution < 1.29 is 48.1 Å². The standard InChI is InChI=1S/C35H46N6O10/c1-3-49-23-10-11-25-24(19-23)29(51-21-30(42)41-14-6-9-28(41)33(46)36-22-7-5-8-22)20-27(37-25)32(45)38-26(12-13-31(43)44)34(47)39-15-17-40(18-16-39)35(48)50-4-2/h10-11,19-20,22,26,28H,3-9,12-18,21H2,1-2H3,(H,36,46)(H,38,45)(H,43,44). The van der Waals surface area contributed by atoms with Gasteiger partial charge in [0.25, 0.3) is 11.8 Å². The number of carboxylic acid groups (broad SMARTS) is 1. The summed E-state index contributed by atoms with van der Waals surface area (Å²) in [7, 11) is 0. The van der Waals surface area contributed by atoms with Crippen LogP contribution in [0.5, 0.6) is 11.5 Å². The maximum Gasteiger partial charge on any atom is 0.409 e. The van der Waals surface area contributed by atoms with Crippen LogP contribution in [0.4, 0.5) is 4.79 Å². The average molecular weight is 711 g/mol. The van der Waals surface area contributed by atoms with Gasteiger partial charge in [0.2, 0.25) is 11.8 Å². The number of likely N-dealkylation sites (tertiary alicyclic amines) is 1. The van der Waals surface area contributed by atoms with Crippen LogP contribution >= 0.6 is 0 Å². The summed E-state index contributed by atoms with van der Waals surface area (Å²) in [6, 6.07) is 4.76. The molecule has 0 radical (unpaired) electrons. The Bertz CT molecular complexity index is 1620. The van der Waals surface area contributed by atoms with Gasteiger partial charge in [-0.05, 0) is 70.6 Å². The Morgan fingerprint density at radius 1 is 0.922 bits per heavy atom. The highest BCUT2D eigenvalue weighted by atomic mass is 16.6. The van der Waals surface area contributed by atoms with E-state index in [0.717, 1.165) is 19.3 Å². The van der Waals surface area contributed by atoms with Crippen molar-refractivity contribution in [1.29, 1.82) is 0 Å². The SMILES string of the molecule is CCOC(=O)N1CCN(C(=O)C(CCC(=O)O)NC(=O)c2cc(OCC(=O)N3CCCC3C(=O)NC3CCC3)c3cc(OCC)ccc3n2)CC1. The van der Waals surface area contributed by atoms with Crippen molar-refractivity contribution in [3.63, 3.8) is 0 Å². The van der Waals surface area contributed by atoms with E-state index in [0.29, 0.717) is 42.6 Å². The van der Waals surface area contributed by atoms with Crippen molar-refractivity contribution in [2.24, 2.45) is 0 Å². The highest BCUT2D eigenvalue weighted by Gasteiger charge is 2.36. The minimum atomic E-state index is -1.19. The van der Waals surface area contributed by atoms with Gasteiger partial charge in [-0.1, -0.05) is 0 Å². The number of fused-ring (bicyclic) bond motifs is 1. The highest BCUT2D eigenvalue weighted by molar-refractivity contribution is 6.00. The van der Waals surface area contributed by atoms with E-state index in [1.165, 1.54) is 20.8 Å². The number of hydrogen-bond acceptors (Lipinski definition) is 10. The Balaban J connectivity index is 1.32. The van der Waals surface area contributed by atoms with Crippen molar-refractivity contribution >= 4 is 46.6 Å². The number of pyridine rings is 1. The first kappa shape index (κ1) is 37.1. The van der Waals surface area contributed by atoms with Gasteiger partial charge in [-0.15, -0.1) is 0 Å². The number of nitrogens with one attached hydrogen (secondary N) is 2. The molecule has 3 fully saturated rings. The number of carbonyl (C=O) groups excluding carboxylic acids is 5. The second-order valence-electron chi connectivity index (χ2n) is 12.8. The second kappa shape index (κ2) is 17.2. The van der Waals surface area contributed by atoms with Gasteiger partial charge in [-0.2, -0.15) is 0 Å². The van der Waals surface area contributed by atoms with Crippen molar-refractivity contribution in [2.75, 3.05) is 52.5 Å². The van der Waals surface area contributed by atoms with Gasteiger partial charge < -0.3 is 44.7 Å². The van der Waals surface area contributed by atoms with Crippen molar-refractivity contribution in [3.8, 4) is 11.5 Å². The van der Waals surface area contributed by atoms with Crippen LogP contribution in [0.15, 0.2) is 24.3 Å². The molecule has 2 saturated heterocycles. The Kier molecular flexibility index (Phi) is 12.5. The van der Waals surface area contributed by atoms with Crippen LogP contribution in [0, 0.1) is 0 Å². The van der Waals surface area contributed by atoms with Gasteiger partial charge in [-0.25, -0.2) is 9.78 Å². The van der Waals surface area contributed by atoms with Crippen LogP contribution < -0.4 is 20.1 Å². The molecule has 1 aromatic heterocycles. The van der Waals surface area contributed by atoms with Gasteiger partial charge >= 0.3 is 12.1 Å². The van der Waals surface area contributed by atoms with Crippen molar-refractivity contribution in [3.05, 3.63) is 30.0 Å². The van der Waals surface area contributed by atoms with Crippen LogP contribution in [0.1, 0.15) is 69.3 Å². The molecule has 2 unspecified atom stereocenters. The highest BCUT2D eigenvalue weighted by Crippen LogP contribution is 2.30. The van der Waals surface area contributed by atoms with E-state index >= 15 is 0 Å². The molecule has 51 heavy (non-hydrogen) atoms. The summed E-state index contributed by atoms with van der Waals surface area (Å²) in [5.74, 6) is -2.21. The minimum Gasteiger partial charge on any atom is -0.494 e. The molecule has 2 aliphatic heterocycles. The van der Waals surface area contributed by atoms with Crippen LogP contribution in [0.2, 0.25) is 0 Å². The molecule has 276 valence electrons. The molecule has 1 aliphatic carbocycles. The summed E-state index contributed by atoms with van der Waals surface area (Å²) in [5.41, 5.74) is 0.240. The number of aromatic nitrogens is 1. The summed E-state index contributed by atoms with van der Waals surface area (Å²) in [6.45, 7) is 4.99. The van der Waals surface area contributed by atoms with E-state index in [1.54, 1.807) is 25.1 Å². The lowest BCUT2D eigenvalue weighted by Gasteiger charge is -2.35. The normalized spacial score (nSPS) is 18.1. The predicted molar refractivity (Wildman–Crippen MR) is 182 cm³/mol. The molecular weight excluding hydrogens is 664 g/mol. The van der Waals surface area contributed by atoms with Crippen LogP contribution in [0.3, 0.4) is 0 Å². The third-order valence-corrected chi connectivity index (χ3v) is 9.33. The third-order valence-electron chi connectivity index (χ3n) is 9.33. The molecule has 0 bridgehead atoms. The lowest BCUT2D eigenvalue weighted by atomic mass is 9.93. The topological polar surface area (TPSA) is 197 Å². The van der Waals surface area contributed by atoms with E-state index in [9.17, 15) is 33.9 Å². The first-order valence-electron chi connectivity index (χ1n) is 17.6. The Morgan fingerprint density at radius 3 is 2.33 bits per heavy atom. The molecule has 3 aliphatic rings. The summed E-state index contributed by atoms with van der Waals surface area (Å²) >= 11 is 0. The van der Waals surface area contributed by atoms with Crippen molar-refractivity contribution in [2.45, 2.75) is 76.9 Å². The van der Waals surface area contributed by atoms with E-state index in [1.807, 2.05) is 6.92 Å². The zero-order chi connectivity index (χ0) is 36.5. The number of carbonyl (C=O) groups is 6. The fourth-order valence-corrected chi connectivity index (χ4v) is 6.38. The van der Waals surface area contributed by atoms with Gasteiger partial charge in [0.05, 0.1) is 18.7 Å². The fourth-order valence-electron chi connectivity index (χ4n) is 6.38. The molecule has 16 heteroatoms. The largest absolute Gasteiger partial charge is 0.494 e. The quantitative estimate of drug-likeness (QED) is 0.259. The number of hydrogen-bond donors (Lipinski definition) is 3. The van der Waals surface area contributed by atoms with Gasteiger partial charge in [-0.3, -0.25) is 24.0 Å². The molecule has 16 nitrogen and oxygen atoms in total. The first-order chi connectivity index (χ1) is 24.6. The first-order valence-corrected chi connectivity index (χ1v) is 17.6. The zero-order valence-corrected chi connectivity index (χ0v) is 29.1. The second-order valence-corrected chi connectivity index (χ2v) is 12.8. The molecule has 3 heterocycles. The molecule has 2 aromatic rings. The number of amides is 5. The van der Waals surface area contributed by atoms with Crippen molar-refractivity contribution in [1.82, 2.24) is 30.3 Å². The number of nitrogens with zero attached hydrogens (tertiary/aromatic N) is 4. The molecule has 3 N–H and O–H groups in total. The molecule has 5 amide bonds. The smallest absolute Gasteiger partial charge is 0.409 e. The number of carboxylic acids is 1. The number of benzene rings is 1. The molecule has 5 rings (SSSR count). The number of rotatable bonds is 14. The summed E-state index contributed by atoms with van der Waals surface area (Å²) in [6.07, 6.45) is 3.17. The molecule has 1 saturated carbocycles.